The Kier molecular flexibility index (Phi) is 8.72. The minimum Gasteiger partial charge on any atom is -0.485 e. The van der Waals surface area contributed by atoms with Crippen LogP contribution in [0.2, 0.25) is 0 Å². The van der Waals surface area contributed by atoms with Crippen LogP contribution in [0.4, 0.5) is 33.7 Å². The average molecular weight is 598 g/mol. The lowest BCUT2D eigenvalue weighted by Gasteiger charge is -2.36. The smallest absolute Gasteiger partial charge is 0.427 e. The van der Waals surface area contributed by atoms with Crippen LogP contribution in [0.15, 0.2) is 47.4 Å². The molecule has 2 aromatic carbocycles. The summed E-state index contributed by atoms with van der Waals surface area (Å²) in [5, 5.41) is 2.13. The molecule has 1 unspecified atom stereocenters. The molecule has 2 N–H and O–H groups in total. The van der Waals surface area contributed by atoms with Gasteiger partial charge < -0.3 is 9.47 Å². The number of nitrogens with one attached hydrogen (secondary N) is 2. The summed E-state index contributed by atoms with van der Waals surface area (Å²) in [6.45, 7) is 2.36. The second kappa shape index (κ2) is 11.2. The highest BCUT2D eigenvalue weighted by Gasteiger charge is 2.51. The lowest BCUT2D eigenvalue weighted by Crippen LogP contribution is -2.48. The Morgan fingerprint density at radius 2 is 1.74 bits per heavy atom. The van der Waals surface area contributed by atoms with Crippen molar-refractivity contribution < 1.29 is 48.7 Å². The molecule has 0 fully saturated rings. The number of anilines is 2. The third-order valence-electron chi connectivity index (χ3n) is 5.57. The van der Waals surface area contributed by atoms with Crippen LogP contribution in [0, 0.1) is 5.82 Å². The molecule has 0 saturated carbocycles. The number of sulfonamides is 2. The van der Waals surface area contributed by atoms with Crippen molar-refractivity contribution in [2.75, 3.05) is 28.5 Å². The molecule has 0 aliphatic carbocycles. The van der Waals surface area contributed by atoms with Gasteiger partial charge in [-0.3, -0.25) is 9.62 Å². The van der Waals surface area contributed by atoms with Crippen LogP contribution in [0.1, 0.15) is 27.2 Å². The zero-order chi connectivity index (χ0) is 29.2. The van der Waals surface area contributed by atoms with Crippen LogP contribution in [0.5, 0.6) is 5.75 Å². The number of halogens is 4. The Hall–Kier alpha value is -3.11. The largest absolute Gasteiger partial charge is 0.485 e. The van der Waals surface area contributed by atoms with Crippen molar-refractivity contribution in [3.63, 3.8) is 0 Å². The number of nitrogens with zero attached hydrogens (tertiary/aromatic N) is 1. The van der Waals surface area contributed by atoms with Crippen LogP contribution in [0.25, 0.3) is 0 Å². The molecule has 216 valence electrons. The Labute approximate surface area is 223 Å². The number of benzene rings is 2. The molecule has 1 aliphatic rings. The summed E-state index contributed by atoms with van der Waals surface area (Å²) in [7, 11) is -8.01. The monoisotopic (exact) mass is 597 g/mol. The van der Waals surface area contributed by atoms with E-state index in [1.807, 2.05) is 0 Å². The SMILES string of the molecule is CCCS(=O)(=O)NCC1CN(S(=O)(=O)c2ccc(F)cc2)c2cc(NC(=O)OC(C)(C)C(F)(F)F)ccc2O1. The topological polar surface area (TPSA) is 131 Å². The zero-order valence-corrected chi connectivity index (χ0v) is 22.7. The van der Waals surface area contributed by atoms with Gasteiger partial charge in [0.05, 0.1) is 22.9 Å². The Morgan fingerprint density at radius 3 is 2.33 bits per heavy atom. The molecule has 1 heterocycles. The van der Waals surface area contributed by atoms with E-state index >= 15 is 0 Å². The highest BCUT2D eigenvalue weighted by molar-refractivity contribution is 7.92. The van der Waals surface area contributed by atoms with E-state index in [2.05, 4.69) is 14.8 Å². The Balaban J connectivity index is 1.94. The number of hydrogen-bond acceptors (Lipinski definition) is 7. The number of fused-ring (bicyclic) bond motifs is 1. The summed E-state index contributed by atoms with van der Waals surface area (Å²) >= 11 is 0. The molecule has 0 bridgehead atoms. The Morgan fingerprint density at radius 1 is 1.10 bits per heavy atom. The van der Waals surface area contributed by atoms with Crippen molar-refractivity contribution in [3.05, 3.63) is 48.3 Å². The molecule has 3 rings (SSSR count). The summed E-state index contributed by atoms with van der Waals surface area (Å²) in [6, 6.07) is 7.62. The fourth-order valence-corrected chi connectivity index (χ4v) is 6.07. The average Bonchev–Trinajstić information content (AvgIpc) is 2.81. The molecule has 0 radical (unpaired) electrons. The van der Waals surface area contributed by atoms with E-state index in [-0.39, 0.29) is 40.9 Å². The zero-order valence-electron chi connectivity index (χ0n) is 21.1. The van der Waals surface area contributed by atoms with Crippen molar-refractivity contribution in [1.82, 2.24) is 4.72 Å². The first-order chi connectivity index (χ1) is 17.9. The molecule has 1 atom stereocenters. The first-order valence-electron chi connectivity index (χ1n) is 11.6. The number of rotatable bonds is 9. The van der Waals surface area contributed by atoms with Gasteiger partial charge in [-0.1, -0.05) is 6.92 Å². The molecular formula is C23H27F4N3O7S2. The van der Waals surface area contributed by atoms with Gasteiger partial charge in [0, 0.05) is 12.2 Å². The predicted molar refractivity (Wildman–Crippen MR) is 134 cm³/mol. The molecule has 16 heteroatoms. The summed E-state index contributed by atoms with van der Waals surface area (Å²) in [6.07, 6.45) is -6.91. The van der Waals surface area contributed by atoms with E-state index in [0.29, 0.717) is 20.3 Å². The number of carbonyl (C=O) groups excluding carboxylic acids is 1. The van der Waals surface area contributed by atoms with E-state index in [9.17, 15) is 39.2 Å². The standard InChI is InChI=1S/C23H27F4N3O7S2/c1-4-11-38(32,33)28-13-17-14-30(39(34,35)18-8-5-15(24)6-9-18)19-12-16(7-10-20(19)36-17)29-21(31)37-22(2,3)23(25,26)27/h5-10,12,17,28H,4,11,13-14H2,1-3H3,(H,29,31). The van der Waals surface area contributed by atoms with Gasteiger partial charge in [-0.05, 0) is 62.7 Å². The minimum absolute atomic E-state index is 0.0128. The first kappa shape index (κ1) is 30.4. The maximum Gasteiger partial charge on any atom is 0.427 e. The molecule has 1 amide bonds. The lowest BCUT2D eigenvalue weighted by atomic mass is 10.1. The maximum absolute atomic E-state index is 13.5. The van der Waals surface area contributed by atoms with Gasteiger partial charge in [0.1, 0.15) is 17.7 Å². The second-order valence-corrected chi connectivity index (χ2v) is 12.9. The highest BCUT2D eigenvalue weighted by atomic mass is 32.2. The second-order valence-electron chi connectivity index (χ2n) is 9.10. The van der Waals surface area contributed by atoms with Crippen molar-refractivity contribution in [1.29, 1.82) is 0 Å². The van der Waals surface area contributed by atoms with Gasteiger partial charge >= 0.3 is 12.3 Å². The highest BCUT2D eigenvalue weighted by Crippen LogP contribution is 2.39. The minimum atomic E-state index is -4.85. The van der Waals surface area contributed by atoms with Gasteiger partial charge in [0.2, 0.25) is 15.6 Å². The van der Waals surface area contributed by atoms with Crippen LogP contribution in [-0.4, -0.2) is 59.7 Å². The van der Waals surface area contributed by atoms with Crippen LogP contribution < -0.4 is 19.1 Å². The number of ether oxygens (including phenoxy) is 2. The third kappa shape index (κ3) is 7.30. The molecular weight excluding hydrogens is 570 g/mol. The number of carbonyl (C=O) groups is 1. The van der Waals surface area contributed by atoms with Crippen molar-refractivity contribution in [2.45, 2.75) is 50.0 Å². The van der Waals surface area contributed by atoms with E-state index in [0.717, 1.165) is 34.6 Å². The lowest BCUT2D eigenvalue weighted by molar-refractivity contribution is -0.242. The van der Waals surface area contributed by atoms with Crippen LogP contribution in [-0.2, 0) is 24.8 Å². The normalized spacial score (nSPS) is 16.3. The molecule has 0 aromatic heterocycles. The molecule has 1 aliphatic heterocycles. The predicted octanol–water partition coefficient (Wildman–Crippen LogP) is 4.00. The van der Waals surface area contributed by atoms with Gasteiger partial charge in [0.15, 0.2) is 0 Å². The summed E-state index contributed by atoms with van der Waals surface area (Å²) < 4.78 is 117. The van der Waals surface area contributed by atoms with Crippen molar-refractivity contribution >= 4 is 37.5 Å². The fourth-order valence-electron chi connectivity index (χ4n) is 3.45. The molecule has 2 aromatic rings. The van der Waals surface area contributed by atoms with Gasteiger partial charge in [0.25, 0.3) is 10.0 Å². The van der Waals surface area contributed by atoms with E-state index in [4.69, 9.17) is 4.74 Å². The quantitative estimate of drug-likeness (QED) is 0.418. The van der Waals surface area contributed by atoms with Crippen LogP contribution in [0.3, 0.4) is 0 Å². The van der Waals surface area contributed by atoms with Crippen molar-refractivity contribution in [3.8, 4) is 5.75 Å². The van der Waals surface area contributed by atoms with Gasteiger partial charge in [-0.15, -0.1) is 0 Å². The van der Waals surface area contributed by atoms with E-state index < -0.39 is 49.8 Å². The van der Waals surface area contributed by atoms with E-state index in [1.165, 1.54) is 12.1 Å². The number of amides is 1. The maximum atomic E-state index is 13.5. The fraction of sp³-hybridized carbons (Fsp3) is 0.435. The third-order valence-corrected chi connectivity index (χ3v) is 8.92. The molecule has 10 nitrogen and oxygen atoms in total. The first-order valence-corrected chi connectivity index (χ1v) is 14.7. The van der Waals surface area contributed by atoms with Crippen molar-refractivity contribution in [2.24, 2.45) is 0 Å². The summed E-state index contributed by atoms with van der Waals surface area (Å²) in [5.41, 5.74) is -3.01. The Bertz CT molecular complexity index is 1410. The van der Waals surface area contributed by atoms with Gasteiger partial charge in [-0.25, -0.2) is 30.7 Å². The van der Waals surface area contributed by atoms with E-state index in [1.54, 1.807) is 6.92 Å². The summed E-state index contributed by atoms with van der Waals surface area (Å²) in [5.74, 6) is -0.836. The molecule has 39 heavy (non-hydrogen) atoms. The molecule has 0 saturated heterocycles. The van der Waals surface area contributed by atoms with Crippen LogP contribution >= 0.6 is 0 Å². The molecule has 0 spiro atoms. The number of hydrogen-bond donors (Lipinski definition) is 2. The number of alkyl halides is 3. The summed E-state index contributed by atoms with van der Waals surface area (Å²) in [4.78, 5) is 11.9. The van der Waals surface area contributed by atoms with Gasteiger partial charge in [-0.2, -0.15) is 13.2 Å².